The van der Waals surface area contributed by atoms with Gasteiger partial charge < -0.3 is 10.4 Å². The van der Waals surface area contributed by atoms with Crippen molar-refractivity contribution in [2.75, 3.05) is 11.9 Å². The molecule has 1 heterocycles. The highest BCUT2D eigenvalue weighted by molar-refractivity contribution is 7.21. The topological polar surface area (TPSA) is 45.2 Å². The summed E-state index contributed by atoms with van der Waals surface area (Å²) in [5.41, 5.74) is 3.05. The molecule has 20 heavy (non-hydrogen) atoms. The fourth-order valence-electron chi connectivity index (χ4n) is 1.96. The van der Waals surface area contributed by atoms with Crippen LogP contribution in [0.2, 0.25) is 0 Å². The van der Waals surface area contributed by atoms with Crippen molar-refractivity contribution in [1.82, 2.24) is 4.98 Å². The Balaban J connectivity index is 1.92. The molecule has 2 aromatic carbocycles. The number of rotatable bonds is 4. The summed E-state index contributed by atoms with van der Waals surface area (Å²) >= 11 is 1.58. The summed E-state index contributed by atoms with van der Waals surface area (Å²) in [6.45, 7) is 4.43. The molecule has 3 aromatic rings. The van der Waals surface area contributed by atoms with Gasteiger partial charge in [0.05, 0.1) is 10.2 Å². The number of phenols is 1. The van der Waals surface area contributed by atoms with Gasteiger partial charge in [0.15, 0.2) is 0 Å². The average molecular weight is 282 g/mol. The molecule has 100 valence electrons. The molecule has 3 rings (SSSR count). The number of phenolic OH excluding ortho intramolecular Hbond substituents is 1. The summed E-state index contributed by atoms with van der Waals surface area (Å²) in [5, 5.41) is 13.7. The first-order valence-electron chi connectivity index (χ1n) is 6.31. The quantitative estimate of drug-likeness (QED) is 0.702. The molecule has 2 N–H and O–H groups in total. The third kappa shape index (κ3) is 2.51. The average Bonchev–Trinajstić information content (AvgIpc) is 2.88. The number of nitrogens with one attached hydrogen (secondary N) is 1. The van der Waals surface area contributed by atoms with Gasteiger partial charge in [-0.3, -0.25) is 0 Å². The molecule has 0 atom stereocenters. The lowest BCUT2D eigenvalue weighted by molar-refractivity contribution is 0.476. The van der Waals surface area contributed by atoms with Crippen LogP contribution in [0.5, 0.6) is 5.75 Å². The monoisotopic (exact) mass is 282 g/mol. The van der Waals surface area contributed by atoms with E-state index in [4.69, 9.17) is 0 Å². The van der Waals surface area contributed by atoms with Gasteiger partial charge in [0, 0.05) is 17.8 Å². The van der Waals surface area contributed by atoms with Gasteiger partial charge in [-0.15, -0.1) is 17.9 Å². The van der Waals surface area contributed by atoms with Crippen LogP contribution in [0, 0.1) is 0 Å². The summed E-state index contributed by atoms with van der Waals surface area (Å²) < 4.78 is 0.994. The van der Waals surface area contributed by atoms with Crippen LogP contribution in [0.1, 0.15) is 0 Å². The zero-order valence-electron chi connectivity index (χ0n) is 10.8. The minimum Gasteiger partial charge on any atom is -0.508 e. The first-order valence-corrected chi connectivity index (χ1v) is 7.13. The summed E-state index contributed by atoms with van der Waals surface area (Å²) in [5.74, 6) is 0.275. The van der Waals surface area contributed by atoms with E-state index in [9.17, 15) is 5.11 Å². The van der Waals surface area contributed by atoms with Crippen molar-refractivity contribution in [3.8, 4) is 16.3 Å². The van der Waals surface area contributed by atoms with E-state index >= 15 is 0 Å². The number of hydrogen-bond acceptors (Lipinski definition) is 4. The summed E-state index contributed by atoms with van der Waals surface area (Å²) in [6.07, 6.45) is 1.83. The fourth-order valence-corrected chi connectivity index (χ4v) is 2.96. The molecule has 0 amide bonds. The van der Waals surface area contributed by atoms with E-state index in [0.29, 0.717) is 0 Å². The molecule has 0 unspecified atom stereocenters. The number of nitrogens with zero attached hydrogens (tertiary/aromatic N) is 1. The Hall–Kier alpha value is -2.33. The van der Waals surface area contributed by atoms with Gasteiger partial charge in [-0.2, -0.15) is 0 Å². The van der Waals surface area contributed by atoms with Gasteiger partial charge in [-0.25, -0.2) is 4.98 Å². The molecule has 0 aliphatic heterocycles. The molecular formula is C16H14N2OS. The van der Waals surface area contributed by atoms with Gasteiger partial charge in [0.1, 0.15) is 10.8 Å². The van der Waals surface area contributed by atoms with Gasteiger partial charge in [0.2, 0.25) is 0 Å². The first-order chi connectivity index (χ1) is 9.76. The van der Waals surface area contributed by atoms with Crippen LogP contribution in [-0.2, 0) is 0 Å². The van der Waals surface area contributed by atoms with Gasteiger partial charge in [-0.1, -0.05) is 6.08 Å². The Morgan fingerprint density at radius 1 is 1.20 bits per heavy atom. The van der Waals surface area contributed by atoms with Gasteiger partial charge in [-0.05, 0) is 42.5 Å². The van der Waals surface area contributed by atoms with E-state index in [1.165, 1.54) is 0 Å². The van der Waals surface area contributed by atoms with Crippen molar-refractivity contribution >= 4 is 27.2 Å². The molecule has 0 aliphatic rings. The van der Waals surface area contributed by atoms with E-state index in [1.807, 2.05) is 36.4 Å². The van der Waals surface area contributed by atoms with E-state index < -0.39 is 0 Å². The molecule has 0 aliphatic carbocycles. The van der Waals surface area contributed by atoms with E-state index in [1.54, 1.807) is 23.5 Å². The van der Waals surface area contributed by atoms with Crippen LogP contribution < -0.4 is 5.32 Å². The lowest BCUT2D eigenvalue weighted by atomic mass is 10.2. The van der Waals surface area contributed by atoms with Crippen molar-refractivity contribution in [3.63, 3.8) is 0 Å². The second-order valence-electron chi connectivity index (χ2n) is 4.42. The smallest absolute Gasteiger partial charge is 0.124 e. The number of fused-ring (bicyclic) bond motifs is 1. The normalized spacial score (nSPS) is 10.6. The molecule has 3 nitrogen and oxygen atoms in total. The molecule has 0 saturated heterocycles. The Bertz CT molecular complexity index is 747. The number of benzene rings is 2. The number of aromatic nitrogens is 1. The number of aromatic hydroxyl groups is 1. The Morgan fingerprint density at radius 2 is 2.00 bits per heavy atom. The van der Waals surface area contributed by atoms with Crippen LogP contribution in [0.3, 0.4) is 0 Å². The molecule has 0 spiro atoms. The summed E-state index contributed by atoms with van der Waals surface area (Å²) in [4.78, 5) is 4.59. The maximum absolute atomic E-state index is 9.49. The summed E-state index contributed by atoms with van der Waals surface area (Å²) in [6, 6.07) is 13.4. The van der Waals surface area contributed by atoms with Crippen molar-refractivity contribution in [3.05, 3.63) is 55.1 Å². The molecule has 0 radical (unpaired) electrons. The maximum atomic E-state index is 9.49. The van der Waals surface area contributed by atoms with Crippen LogP contribution >= 0.6 is 11.3 Å². The Labute approximate surface area is 121 Å². The highest BCUT2D eigenvalue weighted by Gasteiger charge is 2.06. The zero-order chi connectivity index (χ0) is 13.9. The van der Waals surface area contributed by atoms with Crippen molar-refractivity contribution in [2.24, 2.45) is 0 Å². The largest absolute Gasteiger partial charge is 0.508 e. The highest BCUT2D eigenvalue weighted by atomic mass is 32.1. The SMILES string of the molecule is C=CCNc1ccc(-c2nc3ccc(O)cc3s2)cc1. The summed E-state index contributed by atoms with van der Waals surface area (Å²) in [7, 11) is 0. The number of thiazole rings is 1. The van der Waals surface area contributed by atoms with Gasteiger partial charge >= 0.3 is 0 Å². The van der Waals surface area contributed by atoms with Crippen molar-refractivity contribution < 1.29 is 5.11 Å². The lowest BCUT2D eigenvalue weighted by Crippen LogP contribution is -1.96. The first kappa shape index (κ1) is 12.7. The zero-order valence-corrected chi connectivity index (χ0v) is 11.7. The molecule has 0 fully saturated rings. The third-order valence-electron chi connectivity index (χ3n) is 2.95. The molecule has 1 aromatic heterocycles. The van der Waals surface area contributed by atoms with Crippen LogP contribution in [0.15, 0.2) is 55.1 Å². The molecule has 4 heteroatoms. The predicted octanol–water partition coefficient (Wildman–Crippen LogP) is 4.27. The Morgan fingerprint density at radius 3 is 2.75 bits per heavy atom. The number of anilines is 1. The minimum atomic E-state index is 0.275. The van der Waals surface area contributed by atoms with E-state index in [0.717, 1.165) is 33.0 Å². The predicted molar refractivity (Wildman–Crippen MR) is 85.4 cm³/mol. The van der Waals surface area contributed by atoms with Crippen molar-refractivity contribution in [2.45, 2.75) is 0 Å². The lowest BCUT2D eigenvalue weighted by Gasteiger charge is -2.03. The standard InChI is InChI=1S/C16H14N2OS/c1-2-9-17-12-5-3-11(4-6-12)16-18-14-8-7-13(19)10-15(14)20-16/h2-8,10,17,19H,1,9H2. The second kappa shape index (κ2) is 5.35. The van der Waals surface area contributed by atoms with Crippen molar-refractivity contribution in [1.29, 1.82) is 0 Å². The molecule has 0 saturated carbocycles. The number of hydrogen-bond donors (Lipinski definition) is 2. The molecular weight excluding hydrogens is 268 g/mol. The maximum Gasteiger partial charge on any atom is 0.124 e. The third-order valence-corrected chi connectivity index (χ3v) is 4.02. The van der Waals surface area contributed by atoms with Crippen LogP contribution in [-0.4, -0.2) is 16.6 Å². The minimum absolute atomic E-state index is 0.275. The second-order valence-corrected chi connectivity index (χ2v) is 5.45. The highest BCUT2D eigenvalue weighted by Crippen LogP contribution is 2.32. The van der Waals surface area contributed by atoms with E-state index in [-0.39, 0.29) is 5.75 Å². The Kier molecular flexibility index (Phi) is 3.39. The fraction of sp³-hybridized carbons (Fsp3) is 0.0625. The van der Waals surface area contributed by atoms with E-state index in [2.05, 4.69) is 16.9 Å². The molecule has 0 bridgehead atoms. The van der Waals surface area contributed by atoms with Crippen LogP contribution in [0.4, 0.5) is 5.69 Å². The van der Waals surface area contributed by atoms with Crippen LogP contribution in [0.25, 0.3) is 20.8 Å². The van der Waals surface area contributed by atoms with Gasteiger partial charge in [0.25, 0.3) is 0 Å².